The lowest BCUT2D eigenvalue weighted by Gasteiger charge is -2.06. The van der Waals surface area contributed by atoms with Crippen molar-refractivity contribution in [2.45, 2.75) is 6.54 Å². The van der Waals surface area contributed by atoms with E-state index in [9.17, 15) is 5.11 Å². The molecule has 4 heteroatoms. The summed E-state index contributed by atoms with van der Waals surface area (Å²) in [6.45, 7) is 3.46. The Hall–Kier alpha value is -1.10. The summed E-state index contributed by atoms with van der Waals surface area (Å²) in [5.41, 5.74) is 1.07. The molecule has 1 aromatic rings. The van der Waals surface area contributed by atoms with Gasteiger partial charge in [0.2, 0.25) is 0 Å². The van der Waals surface area contributed by atoms with Crippen LogP contribution in [0.2, 0.25) is 0 Å². The highest BCUT2D eigenvalue weighted by Crippen LogP contribution is 2.10. The zero-order valence-corrected chi connectivity index (χ0v) is 9.61. The van der Waals surface area contributed by atoms with Gasteiger partial charge in [0, 0.05) is 20.2 Å². The molecule has 0 bridgehead atoms. The van der Waals surface area contributed by atoms with Gasteiger partial charge in [0.05, 0.1) is 19.8 Å². The zero-order chi connectivity index (χ0) is 11.6. The smallest absolute Gasteiger partial charge is 0.115 e. The first-order valence-corrected chi connectivity index (χ1v) is 5.38. The molecule has 1 rings (SSSR count). The van der Waals surface area contributed by atoms with Crippen LogP contribution in [0.3, 0.4) is 0 Å². The van der Waals surface area contributed by atoms with Crippen LogP contribution < -0.4 is 5.32 Å². The van der Waals surface area contributed by atoms with Gasteiger partial charge in [-0.15, -0.1) is 0 Å². The molecule has 0 aliphatic rings. The average Bonchev–Trinajstić information content (AvgIpc) is 2.28. The van der Waals surface area contributed by atoms with Crippen molar-refractivity contribution >= 4 is 0 Å². The second-order valence-corrected chi connectivity index (χ2v) is 3.45. The van der Waals surface area contributed by atoms with Crippen molar-refractivity contribution < 1.29 is 14.6 Å². The van der Waals surface area contributed by atoms with Crippen LogP contribution in [0.15, 0.2) is 24.3 Å². The molecule has 0 aliphatic heterocycles. The van der Waals surface area contributed by atoms with Gasteiger partial charge in [-0.3, -0.25) is 0 Å². The van der Waals surface area contributed by atoms with Gasteiger partial charge in [0.25, 0.3) is 0 Å². The van der Waals surface area contributed by atoms with E-state index in [1.54, 1.807) is 19.2 Å². The molecule has 0 radical (unpaired) electrons. The molecular weight excluding hydrogens is 206 g/mol. The molecule has 0 atom stereocenters. The summed E-state index contributed by atoms with van der Waals surface area (Å²) in [6.07, 6.45) is 0. The van der Waals surface area contributed by atoms with E-state index >= 15 is 0 Å². The summed E-state index contributed by atoms with van der Waals surface area (Å²) in [5, 5.41) is 12.5. The molecule has 0 spiro atoms. The molecule has 0 fully saturated rings. The highest BCUT2D eigenvalue weighted by atomic mass is 16.5. The Balaban J connectivity index is 2.03. The maximum atomic E-state index is 9.25. The third kappa shape index (κ3) is 5.70. The number of hydrogen-bond donors (Lipinski definition) is 2. The Morgan fingerprint density at radius 2 is 2.12 bits per heavy atom. The van der Waals surface area contributed by atoms with E-state index in [1.807, 2.05) is 12.1 Å². The molecule has 0 saturated carbocycles. The van der Waals surface area contributed by atoms with Crippen molar-refractivity contribution in [2.75, 3.05) is 33.5 Å². The zero-order valence-electron chi connectivity index (χ0n) is 9.61. The van der Waals surface area contributed by atoms with Crippen LogP contribution >= 0.6 is 0 Å². The molecule has 0 saturated heterocycles. The topological polar surface area (TPSA) is 50.7 Å². The molecule has 16 heavy (non-hydrogen) atoms. The highest BCUT2D eigenvalue weighted by molar-refractivity contribution is 5.26. The molecule has 0 amide bonds. The Kier molecular flexibility index (Phi) is 6.56. The highest BCUT2D eigenvalue weighted by Gasteiger charge is 1.94. The lowest BCUT2D eigenvalue weighted by molar-refractivity contribution is 0.0719. The van der Waals surface area contributed by atoms with E-state index < -0.39 is 0 Å². The third-order valence-corrected chi connectivity index (χ3v) is 2.09. The van der Waals surface area contributed by atoms with Crippen LogP contribution in [0.5, 0.6) is 5.75 Å². The molecule has 0 aliphatic carbocycles. The van der Waals surface area contributed by atoms with Gasteiger partial charge < -0.3 is 19.9 Å². The van der Waals surface area contributed by atoms with Gasteiger partial charge >= 0.3 is 0 Å². The normalized spacial score (nSPS) is 10.6. The number of methoxy groups -OCH3 is 1. The number of benzene rings is 1. The molecule has 0 heterocycles. The van der Waals surface area contributed by atoms with E-state index in [0.717, 1.165) is 18.7 Å². The van der Waals surface area contributed by atoms with Gasteiger partial charge in [-0.05, 0) is 17.7 Å². The number of phenols is 1. The van der Waals surface area contributed by atoms with Crippen molar-refractivity contribution in [3.05, 3.63) is 29.8 Å². The minimum atomic E-state index is 0.302. The Morgan fingerprint density at radius 1 is 1.25 bits per heavy atom. The number of aromatic hydroxyl groups is 1. The van der Waals surface area contributed by atoms with Crippen LogP contribution in [-0.4, -0.2) is 38.6 Å². The maximum absolute atomic E-state index is 9.25. The summed E-state index contributed by atoms with van der Waals surface area (Å²) in [5.74, 6) is 0.302. The fourth-order valence-corrected chi connectivity index (χ4v) is 1.29. The third-order valence-electron chi connectivity index (χ3n) is 2.09. The minimum absolute atomic E-state index is 0.302. The van der Waals surface area contributed by atoms with E-state index in [2.05, 4.69) is 5.32 Å². The predicted octanol–water partition coefficient (Wildman–Crippen LogP) is 1.14. The maximum Gasteiger partial charge on any atom is 0.115 e. The van der Waals surface area contributed by atoms with Crippen LogP contribution in [0.25, 0.3) is 0 Å². The van der Waals surface area contributed by atoms with Crippen molar-refractivity contribution in [2.24, 2.45) is 0 Å². The molecular formula is C12H19NO3. The molecule has 2 N–H and O–H groups in total. The number of ether oxygens (including phenoxy) is 2. The van der Waals surface area contributed by atoms with Crippen LogP contribution in [0.1, 0.15) is 5.56 Å². The Morgan fingerprint density at radius 3 is 2.88 bits per heavy atom. The van der Waals surface area contributed by atoms with Gasteiger partial charge in [-0.1, -0.05) is 12.1 Å². The monoisotopic (exact) mass is 225 g/mol. The summed E-state index contributed by atoms with van der Waals surface area (Å²) in [4.78, 5) is 0. The minimum Gasteiger partial charge on any atom is -0.508 e. The van der Waals surface area contributed by atoms with Gasteiger partial charge in [-0.2, -0.15) is 0 Å². The lowest BCUT2D eigenvalue weighted by Crippen LogP contribution is -2.20. The fourth-order valence-electron chi connectivity index (χ4n) is 1.29. The van der Waals surface area contributed by atoms with Gasteiger partial charge in [0.15, 0.2) is 0 Å². The standard InChI is InChI=1S/C12H19NO3/c1-15-7-8-16-6-5-13-10-11-3-2-4-12(14)9-11/h2-4,9,13-14H,5-8,10H2,1H3. The van der Waals surface area contributed by atoms with E-state index in [4.69, 9.17) is 9.47 Å². The van der Waals surface area contributed by atoms with Crippen LogP contribution in [0, 0.1) is 0 Å². The number of nitrogens with one attached hydrogen (secondary N) is 1. The van der Waals surface area contributed by atoms with E-state index in [-0.39, 0.29) is 0 Å². The first kappa shape index (κ1) is 13.0. The van der Waals surface area contributed by atoms with Crippen molar-refractivity contribution in [1.29, 1.82) is 0 Å². The largest absolute Gasteiger partial charge is 0.508 e. The van der Waals surface area contributed by atoms with Crippen molar-refractivity contribution in [3.8, 4) is 5.75 Å². The number of hydrogen-bond acceptors (Lipinski definition) is 4. The van der Waals surface area contributed by atoms with Gasteiger partial charge in [-0.25, -0.2) is 0 Å². The average molecular weight is 225 g/mol. The molecule has 4 nitrogen and oxygen atoms in total. The quantitative estimate of drug-likeness (QED) is 0.651. The van der Waals surface area contributed by atoms with Crippen LogP contribution in [-0.2, 0) is 16.0 Å². The van der Waals surface area contributed by atoms with Gasteiger partial charge in [0.1, 0.15) is 5.75 Å². The Bertz CT molecular complexity index is 291. The fraction of sp³-hybridized carbons (Fsp3) is 0.500. The number of phenolic OH excluding ortho intramolecular Hbond substituents is 1. The SMILES string of the molecule is COCCOCCNCc1cccc(O)c1. The summed E-state index contributed by atoms with van der Waals surface area (Å²) < 4.78 is 10.2. The Labute approximate surface area is 96.2 Å². The second kappa shape index (κ2) is 8.10. The number of rotatable bonds is 8. The van der Waals surface area contributed by atoms with Crippen LogP contribution in [0.4, 0.5) is 0 Å². The first-order valence-electron chi connectivity index (χ1n) is 5.38. The second-order valence-electron chi connectivity index (χ2n) is 3.45. The predicted molar refractivity (Wildman–Crippen MR) is 62.5 cm³/mol. The summed E-state index contributed by atoms with van der Waals surface area (Å²) in [6, 6.07) is 7.22. The van der Waals surface area contributed by atoms with Crippen molar-refractivity contribution in [1.82, 2.24) is 5.32 Å². The van der Waals surface area contributed by atoms with E-state index in [0.29, 0.717) is 25.6 Å². The summed E-state index contributed by atoms with van der Waals surface area (Å²) in [7, 11) is 1.66. The summed E-state index contributed by atoms with van der Waals surface area (Å²) >= 11 is 0. The molecule has 90 valence electrons. The molecule has 0 aromatic heterocycles. The van der Waals surface area contributed by atoms with E-state index in [1.165, 1.54) is 0 Å². The molecule has 1 aromatic carbocycles. The lowest BCUT2D eigenvalue weighted by atomic mass is 10.2. The first-order chi connectivity index (χ1) is 7.83. The molecule has 0 unspecified atom stereocenters. The van der Waals surface area contributed by atoms with Crippen molar-refractivity contribution in [3.63, 3.8) is 0 Å².